The summed E-state index contributed by atoms with van der Waals surface area (Å²) in [7, 11) is 0. The van der Waals surface area contributed by atoms with Gasteiger partial charge >= 0.3 is 0 Å². The van der Waals surface area contributed by atoms with E-state index in [0.717, 1.165) is 5.56 Å². The summed E-state index contributed by atoms with van der Waals surface area (Å²) in [5.74, 6) is -0.354. The number of amides is 1. The second kappa shape index (κ2) is 8.23. The molecule has 3 aromatic rings. The lowest BCUT2D eigenvalue weighted by Crippen LogP contribution is -2.30. The van der Waals surface area contributed by atoms with Gasteiger partial charge < -0.3 is 5.32 Å². The van der Waals surface area contributed by atoms with Crippen molar-refractivity contribution < 1.29 is 4.79 Å². The lowest BCUT2D eigenvalue weighted by atomic mass is 10.0. The number of carbonyl (C=O) groups is 1. The Morgan fingerprint density at radius 1 is 0.885 bits per heavy atom. The van der Waals surface area contributed by atoms with Crippen LogP contribution in [0.3, 0.4) is 0 Å². The lowest BCUT2D eigenvalue weighted by molar-refractivity contribution is 0.0942. The van der Waals surface area contributed by atoms with Crippen molar-refractivity contribution in [1.82, 2.24) is 15.3 Å². The van der Waals surface area contributed by atoms with Gasteiger partial charge in [-0.05, 0) is 35.9 Å². The van der Waals surface area contributed by atoms with E-state index in [-0.39, 0.29) is 5.91 Å². The molecule has 1 N–H and O–H groups in total. The van der Waals surface area contributed by atoms with Gasteiger partial charge in [0.05, 0.1) is 37.4 Å². The molecule has 0 aliphatic carbocycles. The summed E-state index contributed by atoms with van der Waals surface area (Å²) in [6.45, 7) is 0. The normalized spacial score (nSPS) is 11.8. The number of aromatic nitrogens is 2. The van der Waals surface area contributed by atoms with Gasteiger partial charge in [0.15, 0.2) is 0 Å². The summed E-state index contributed by atoms with van der Waals surface area (Å²) in [5.41, 5.74) is 1.64. The largest absolute Gasteiger partial charge is 0.339 e. The smallest absolute Gasteiger partial charge is 0.253 e. The Morgan fingerprint density at radius 3 is 2.35 bits per heavy atom. The maximum Gasteiger partial charge on any atom is 0.253 e. The average Bonchev–Trinajstić information content (AvgIpc) is 2.63. The van der Waals surface area contributed by atoms with E-state index in [2.05, 4.69) is 15.3 Å². The van der Waals surface area contributed by atoms with Crippen molar-refractivity contribution in [3.05, 3.63) is 91.9 Å². The highest BCUT2D eigenvalue weighted by molar-refractivity contribution is 6.42. The van der Waals surface area contributed by atoms with Crippen molar-refractivity contribution in [1.29, 1.82) is 0 Å². The van der Waals surface area contributed by atoms with Crippen molar-refractivity contribution in [2.75, 3.05) is 0 Å². The summed E-state index contributed by atoms with van der Waals surface area (Å²) in [5, 5.41) is 4.57. The first kappa shape index (κ1) is 18.9. The standard InChI is InChI=1S/C18H11Cl4N3O/c19-12-2-4-16(24-9-12)17(10-1-3-14(21)15(22)6-10)25-18(26)11-5-13(20)8-23-7-11/h1-9,17H,(H,25,26)/t17-/m0/s1. The first-order valence-electron chi connectivity index (χ1n) is 7.42. The van der Waals surface area contributed by atoms with Crippen molar-refractivity contribution in [2.45, 2.75) is 6.04 Å². The zero-order valence-corrected chi connectivity index (χ0v) is 16.1. The molecule has 2 heterocycles. The van der Waals surface area contributed by atoms with Crippen LogP contribution in [0, 0.1) is 0 Å². The molecule has 0 saturated heterocycles. The van der Waals surface area contributed by atoms with Crippen LogP contribution in [0.25, 0.3) is 0 Å². The molecule has 1 amide bonds. The van der Waals surface area contributed by atoms with E-state index in [9.17, 15) is 4.79 Å². The van der Waals surface area contributed by atoms with Crippen LogP contribution in [-0.2, 0) is 0 Å². The molecule has 0 fully saturated rings. The van der Waals surface area contributed by atoms with Crippen LogP contribution in [0.2, 0.25) is 20.1 Å². The third kappa shape index (κ3) is 4.46. The lowest BCUT2D eigenvalue weighted by Gasteiger charge is -2.19. The van der Waals surface area contributed by atoms with Crippen molar-refractivity contribution in [3.8, 4) is 0 Å². The van der Waals surface area contributed by atoms with Crippen molar-refractivity contribution >= 4 is 52.3 Å². The first-order chi connectivity index (χ1) is 12.4. The Balaban J connectivity index is 1.98. The van der Waals surface area contributed by atoms with E-state index in [4.69, 9.17) is 46.4 Å². The Morgan fingerprint density at radius 2 is 1.69 bits per heavy atom. The highest BCUT2D eigenvalue weighted by atomic mass is 35.5. The third-order valence-corrected chi connectivity index (χ3v) is 4.73. The van der Waals surface area contributed by atoms with Gasteiger partial charge in [-0.3, -0.25) is 14.8 Å². The van der Waals surface area contributed by atoms with Crippen LogP contribution in [0.5, 0.6) is 0 Å². The molecule has 4 nitrogen and oxygen atoms in total. The van der Waals surface area contributed by atoms with Crippen LogP contribution in [-0.4, -0.2) is 15.9 Å². The number of nitrogens with zero attached hydrogens (tertiary/aromatic N) is 2. The van der Waals surface area contributed by atoms with E-state index in [1.54, 1.807) is 30.3 Å². The minimum absolute atomic E-state index is 0.330. The summed E-state index contributed by atoms with van der Waals surface area (Å²) in [4.78, 5) is 20.9. The number of hydrogen-bond acceptors (Lipinski definition) is 3. The number of carbonyl (C=O) groups excluding carboxylic acids is 1. The Hall–Kier alpha value is -1.85. The zero-order chi connectivity index (χ0) is 18.7. The predicted molar refractivity (Wildman–Crippen MR) is 104 cm³/mol. The number of hydrogen-bond donors (Lipinski definition) is 1. The van der Waals surface area contributed by atoms with Gasteiger partial charge in [-0.1, -0.05) is 52.5 Å². The predicted octanol–water partition coefficient (Wildman–Crippen LogP) is 5.61. The maximum absolute atomic E-state index is 12.7. The SMILES string of the molecule is O=C(N[C@@H](c1ccc(Cl)c(Cl)c1)c1ccc(Cl)cn1)c1cncc(Cl)c1. The van der Waals surface area contributed by atoms with E-state index in [1.165, 1.54) is 24.7 Å². The molecule has 0 radical (unpaired) electrons. The number of rotatable bonds is 4. The van der Waals surface area contributed by atoms with Crippen LogP contribution in [0.1, 0.15) is 27.7 Å². The average molecular weight is 427 g/mol. The fraction of sp³-hybridized carbons (Fsp3) is 0.0556. The molecule has 0 aliphatic rings. The Bertz CT molecular complexity index is 947. The number of nitrogens with one attached hydrogen (secondary N) is 1. The summed E-state index contributed by atoms with van der Waals surface area (Å²) in [6.07, 6.45) is 4.40. The molecular formula is C18H11Cl4N3O. The van der Waals surface area contributed by atoms with Gasteiger partial charge in [-0.25, -0.2) is 0 Å². The topological polar surface area (TPSA) is 54.9 Å². The van der Waals surface area contributed by atoms with Crippen LogP contribution in [0.4, 0.5) is 0 Å². The maximum atomic E-state index is 12.7. The van der Waals surface area contributed by atoms with Gasteiger partial charge in [-0.2, -0.15) is 0 Å². The summed E-state index contributed by atoms with van der Waals surface area (Å²) in [6, 6.07) is 9.51. The summed E-state index contributed by atoms with van der Waals surface area (Å²) < 4.78 is 0. The molecule has 0 aliphatic heterocycles. The zero-order valence-electron chi connectivity index (χ0n) is 13.1. The molecule has 8 heteroatoms. The fourth-order valence-electron chi connectivity index (χ4n) is 2.33. The number of pyridine rings is 2. The minimum atomic E-state index is -0.562. The molecule has 1 aromatic carbocycles. The molecule has 3 rings (SSSR count). The van der Waals surface area contributed by atoms with Crippen LogP contribution in [0.15, 0.2) is 55.0 Å². The molecular weight excluding hydrogens is 416 g/mol. The molecule has 0 saturated carbocycles. The Labute approximate surface area is 170 Å². The van der Waals surface area contributed by atoms with Crippen molar-refractivity contribution in [3.63, 3.8) is 0 Å². The molecule has 0 bridgehead atoms. The second-order valence-corrected chi connectivity index (χ2v) is 7.06. The van der Waals surface area contributed by atoms with Crippen molar-refractivity contribution in [2.24, 2.45) is 0 Å². The second-order valence-electron chi connectivity index (χ2n) is 5.37. The fourth-order valence-corrected chi connectivity index (χ4v) is 2.92. The molecule has 0 spiro atoms. The minimum Gasteiger partial charge on any atom is -0.339 e. The van der Waals surface area contributed by atoms with Gasteiger partial charge in [0.2, 0.25) is 0 Å². The number of benzene rings is 1. The molecule has 1 atom stereocenters. The van der Waals surface area contributed by atoms with Gasteiger partial charge in [0, 0.05) is 18.6 Å². The first-order valence-corrected chi connectivity index (χ1v) is 8.93. The van der Waals surface area contributed by atoms with Crippen LogP contribution >= 0.6 is 46.4 Å². The van der Waals surface area contributed by atoms with E-state index in [1.807, 2.05) is 0 Å². The van der Waals surface area contributed by atoms with Gasteiger partial charge in [0.1, 0.15) is 0 Å². The number of halogens is 4. The van der Waals surface area contributed by atoms with E-state index >= 15 is 0 Å². The quantitative estimate of drug-likeness (QED) is 0.589. The van der Waals surface area contributed by atoms with Gasteiger partial charge in [-0.15, -0.1) is 0 Å². The van der Waals surface area contributed by atoms with E-state index in [0.29, 0.717) is 31.3 Å². The van der Waals surface area contributed by atoms with E-state index < -0.39 is 6.04 Å². The third-order valence-electron chi connectivity index (χ3n) is 3.57. The molecule has 26 heavy (non-hydrogen) atoms. The monoisotopic (exact) mass is 425 g/mol. The molecule has 0 unspecified atom stereocenters. The molecule has 132 valence electrons. The molecule has 2 aromatic heterocycles. The Kier molecular flexibility index (Phi) is 5.99. The highest BCUT2D eigenvalue weighted by Crippen LogP contribution is 2.29. The van der Waals surface area contributed by atoms with Gasteiger partial charge in [0.25, 0.3) is 5.91 Å². The summed E-state index contributed by atoms with van der Waals surface area (Å²) >= 11 is 24.0. The highest BCUT2D eigenvalue weighted by Gasteiger charge is 2.20. The van der Waals surface area contributed by atoms with Crippen LogP contribution < -0.4 is 5.32 Å².